The molecule has 0 radical (unpaired) electrons. The number of carbonyl (C=O) groups is 1. The van der Waals surface area contributed by atoms with E-state index in [9.17, 15) is 19.5 Å². The minimum absolute atomic E-state index is 0.0362. The number of hydrogen-bond acceptors (Lipinski definition) is 4. The maximum Gasteiger partial charge on any atom is 0.353 e. The number of ether oxygens (including phenoxy) is 1. The van der Waals surface area contributed by atoms with Crippen molar-refractivity contribution in [3.63, 3.8) is 0 Å². The first-order valence-corrected chi connectivity index (χ1v) is 11.0. The molecule has 1 aliphatic heterocycles. The Morgan fingerprint density at radius 2 is 1.97 bits per heavy atom. The van der Waals surface area contributed by atoms with Crippen LogP contribution in [0, 0.1) is 5.82 Å². The van der Waals surface area contributed by atoms with Crippen LogP contribution in [0.5, 0.6) is 5.75 Å². The van der Waals surface area contributed by atoms with Gasteiger partial charge in [-0.3, -0.25) is 9.59 Å². The number of pyridine rings is 2. The van der Waals surface area contributed by atoms with Crippen LogP contribution in [0.3, 0.4) is 0 Å². The van der Waals surface area contributed by atoms with E-state index in [1.54, 1.807) is 18.2 Å². The Balaban J connectivity index is 1.75. The summed E-state index contributed by atoms with van der Waals surface area (Å²) in [5.41, 5.74) is 1.04. The molecule has 0 bridgehead atoms. The van der Waals surface area contributed by atoms with E-state index in [-0.39, 0.29) is 46.8 Å². The molecule has 0 aliphatic carbocycles. The van der Waals surface area contributed by atoms with Crippen LogP contribution >= 0.6 is 0 Å². The van der Waals surface area contributed by atoms with E-state index < -0.39 is 17.3 Å². The number of hydrogen-bond donors (Lipinski definition) is 3. The number of aromatic carboxylic acids is 1. The van der Waals surface area contributed by atoms with E-state index >= 15 is 4.39 Å². The molecule has 0 atom stereocenters. The fourth-order valence-corrected chi connectivity index (χ4v) is 4.98. The lowest BCUT2D eigenvalue weighted by atomic mass is 10.00. The minimum Gasteiger partial charge on any atom is -0.492 e. The highest BCUT2D eigenvalue weighted by Crippen LogP contribution is 2.44. The van der Waals surface area contributed by atoms with Crippen molar-refractivity contribution in [3.8, 4) is 16.9 Å². The van der Waals surface area contributed by atoms with Gasteiger partial charge in [-0.15, -0.1) is 0 Å². The lowest BCUT2D eigenvalue weighted by Gasteiger charge is -2.12. The van der Waals surface area contributed by atoms with Crippen molar-refractivity contribution in [3.05, 3.63) is 98.1 Å². The number of carboxylic acids is 1. The molecule has 5 aromatic rings. The van der Waals surface area contributed by atoms with Crippen LogP contribution in [-0.4, -0.2) is 32.2 Å². The number of fused-ring (bicyclic) bond motifs is 4. The van der Waals surface area contributed by atoms with Crippen molar-refractivity contribution in [1.82, 2.24) is 14.5 Å². The van der Waals surface area contributed by atoms with Crippen molar-refractivity contribution in [2.24, 2.45) is 0 Å². The van der Waals surface area contributed by atoms with Crippen molar-refractivity contribution < 1.29 is 19.0 Å². The van der Waals surface area contributed by atoms with Gasteiger partial charge in [0, 0.05) is 47.3 Å². The van der Waals surface area contributed by atoms with Crippen molar-refractivity contribution in [1.29, 1.82) is 0 Å². The SMILES string of the molecule is O=C(O)c1c(-c2ccc[nH]c2=O)c2c3c(c(F)cc2n1Cc1cc(=O)[nH]c2ccccc12)CCO3. The first kappa shape index (κ1) is 20.9. The molecule has 0 saturated carbocycles. The second kappa shape index (κ2) is 7.69. The van der Waals surface area contributed by atoms with Gasteiger partial charge in [0.1, 0.15) is 17.3 Å². The molecule has 9 heteroatoms. The second-order valence-electron chi connectivity index (χ2n) is 8.39. The zero-order valence-electron chi connectivity index (χ0n) is 18.2. The van der Waals surface area contributed by atoms with E-state index in [1.807, 2.05) is 12.1 Å². The summed E-state index contributed by atoms with van der Waals surface area (Å²) in [5.74, 6) is -1.55. The predicted octanol–water partition coefficient (Wildman–Crippen LogP) is 3.66. The van der Waals surface area contributed by atoms with Crippen molar-refractivity contribution in [2.75, 3.05) is 6.61 Å². The summed E-state index contributed by atoms with van der Waals surface area (Å²) in [7, 11) is 0. The van der Waals surface area contributed by atoms with Gasteiger partial charge in [-0.25, -0.2) is 9.18 Å². The number of halogens is 1. The molecule has 2 aromatic carbocycles. The number of benzene rings is 2. The molecule has 0 fully saturated rings. The van der Waals surface area contributed by atoms with Gasteiger partial charge >= 0.3 is 5.97 Å². The molecule has 0 amide bonds. The monoisotopic (exact) mass is 471 g/mol. The average molecular weight is 471 g/mol. The number of rotatable bonds is 4. The maximum atomic E-state index is 15.1. The first-order valence-electron chi connectivity index (χ1n) is 11.0. The van der Waals surface area contributed by atoms with Crippen LogP contribution in [0.4, 0.5) is 4.39 Å². The molecule has 3 N–H and O–H groups in total. The number of nitrogens with one attached hydrogen (secondary N) is 2. The summed E-state index contributed by atoms with van der Waals surface area (Å²) in [4.78, 5) is 43.1. The standard InChI is InChI=1S/C26H18FN3O5/c27-17-11-19-22(24-15(17)7-9-35-24)21(16-5-3-8-28-25(16)32)23(26(33)34)30(19)12-13-10-20(31)29-18-6-2-1-4-14(13)18/h1-6,8,10-11H,7,9,12H2,(H,28,32)(H,29,31)(H,33,34). The third-order valence-electron chi connectivity index (χ3n) is 6.41. The van der Waals surface area contributed by atoms with E-state index in [2.05, 4.69) is 9.97 Å². The highest BCUT2D eigenvalue weighted by Gasteiger charge is 2.32. The quantitative estimate of drug-likeness (QED) is 0.370. The van der Waals surface area contributed by atoms with Gasteiger partial charge in [0.2, 0.25) is 5.56 Å². The highest BCUT2D eigenvalue weighted by molar-refractivity contribution is 6.11. The molecule has 8 nitrogen and oxygen atoms in total. The number of nitrogens with zero attached hydrogens (tertiary/aromatic N) is 1. The Kier molecular flexibility index (Phi) is 4.60. The Bertz CT molecular complexity index is 1800. The molecule has 4 heterocycles. The molecule has 35 heavy (non-hydrogen) atoms. The molecule has 6 rings (SSSR count). The summed E-state index contributed by atoms with van der Waals surface area (Å²) >= 11 is 0. The minimum atomic E-state index is -1.29. The zero-order chi connectivity index (χ0) is 24.3. The molecular weight excluding hydrogens is 453 g/mol. The molecule has 0 spiro atoms. The summed E-state index contributed by atoms with van der Waals surface area (Å²) in [6, 6.07) is 13.0. The van der Waals surface area contributed by atoms with Crippen LogP contribution in [0.25, 0.3) is 32.9 Å². The smallest absolute Gasteiger partial charge is 0.353 e. The van der Waals surface area contributed by atoms with Crippen LogP contribution in [0.15, 0.2) is 64.3 Å². The molecule has 0 saturated heterocycles. The largest absolute Gasteiger partial charge is 0.492 e. The first-order chi connectivity index (χ1) is 16.9. The molecule has 1 aliphatic rings. The van der Waals surface area contributed by atoms with E-state index in [0.717, 1.165) is 5.39 Å². The van der Waals surface area contributed by atoms with E-state index in [4.69, 9.17) is 4.74 Å². The number of carboxylic acid groups (broad SMARTS) is 1. The second-order valence-corrected chi connectivity index (χ2v) is 8.39. The van der Waals surface area contributed by atoms with Gasteiger partial charge < -0.3 is 24.4 Å². The summed E-state index contributed by atoms with van der Waals surface area (Å²) < 4.78 is 22.3. The Morgan fingerprint density at radius 1 is 1.14 bits per heavy atom. The molecule has 174 valence electrons. The maximum absolute atomic E-state index is 15.1. The number of H-pyrrole nitrogens is 2. The van der Waals surface area contributed by atoms with Gasteiger partial charge in [-0.1, -0.05) is 18.2 Å². The van der Waals surface area contributed by atoms with Gasteiger partial charge in [0.05, 0.1) is 23.1 Å². The highest BCUT2D eigenvalue weighted by atomic mass is 19.1. The van der Waals surface area contributed by atoms with Crippen molar-refractivity contribution >= 4 is 27.8 Å². The van der Waals surface area contributed by atoms with Gasteiger partial charge in [-0.2, -0.15) is 0 Å². The van der Waals surface area contributed by atoms with Crippen LogP contribution in [0.2, 0.25) is 0 Å². The topological polar surface area (TPSA) is 117 Å². The summed E-state index contributed by atoms with van der Waals surface area (Å²) in [6.45, 7) is 0.216. The molecule has 3 aromatic heterocycles. The third-order valence-corrected chi connectivity index (χ3v) is 6.41. The predicted molar refractivity (Wildman–Crippen MR) is 128 cm³/mol. The lowest BCUT2D eigenvalue weighted by molar-refractivity contribution is 0.0687. The summed E-state index contributed by atoms with van der Waals surface area (Å²) in [5, 5.41) is 11.4. The van der Waals surface area contributed by atoms with Crippen molar-refractivity contribution in [2.45, 2.75) is 13.0 Å². The molecule has 0 unspecified atom stereocenters. The van der Waals surface area contributed by atoms with Crippen LogP contribution < -0.4 is 15.9 Å². The van der Waals surface area contributed by atoms with E-state index in [1.165, 1.54) is 29.0 Å². The van der Waals surface area contributed by atoms with E-state index in [0.29, 0.717) is 28.5 Å². The number of aromatic amines is 2. The molecular formula is C26H18FN3O5. The fraction of sp³-hybridized carbons (Fsp3) is 0.115. The lowest BCUT2D eigenvalue weighted by Crippen LogP contribution is -2.15. The Hall–Kier alpha value is -4.66. The van der Waals surface area contributed by atoms with Crippen LogP contribution in [-0.2, 0) is 13.0 Å². The third kappa shape index (κ3) is 3.16. The van der Waals surface area contributed by atoms with Crippen LogP contribution in [0.1, 0.15) is 21.6 Å². The Morgan fingerprint density at radius 3 is 2.77 bits per heavy atom. The van der Waals surface area contributed by atoms with Gasteiger partial charge in [0.15, 0.2) is 0 Å². The van der Waals surface area contributed by atoms with Gasteiger partial charge in [0.25, 0.3) is 5.56 Å². The Labute approximate surface area is 196 Å². The zero-order valence-corrected chi connectivity index (χ0v) is 18.2. The number of para-hydroxylation sites is 1. The number of aromatic nitrogens is 3. The summed E-state index contributed by atoms with van der Waals surface area (Å²) in [6.07, 6.45) is 1.79. The van der Waals surface area contributed by atoms with Gasteiger partial charge in [-0.05, 0) is 29.8 Å². The normalized spacial score (nSPS) is 12.7. The fourth-order valence-electron chi connectivity index (χ4n) is 4.98. The average Bonchev–Trinajstić information content (AvgIpc) is 3.43.